The molecule has 2 atom stereocenters. The molecule has 1 N–H and O–H groups in total. The van der Waals surface area contributed by atoms with E-state index in [1.54, 1.807) is 0 Å². The second-order valence-corrected chi connectivity index (χ2v) is 6.28. The number of hydrogen-bond acceptors (Lipinski definition) is 4. The molecule has 1 aliphatic heterocycles. The molecule has 4 nitrogen and oxygen atoms in total. The number of carbonyl (C=O) groups excluding carboxylic acids is 1. The molecular formula is C16H30N2O2. The number of hydrogen-bond donors (Lipinski definition) is 1. The zero-order valence-corrected chi connectivity index (χ0v) is 13.1. The number of ether oxygens (including phenoxy) is 1. The number of esters is 1. The largest absolute Gasteiger partial charge is 0.465 e. The van der Waals surface area contributed by atoms with Crippen molar-refractivity contribution in [2.45, 2.75) is 64.5 Å². The summed E-state index contributed by atoms with van der Waals surface area (Å²) in [5, 5.41) is 3.43. The van der Waals surface area contributed by atoms with E-state index in [1.165, 1.54) is 45.2 Å². The van der Waals surface area contributed by atoms with Crippen LogP contribution in [0.3, 0.4) is 0 Å². The highest BCUT2D eigenvalue weighted by Gasteiger charge is 2.30. The quantitative estimate of drug-likeness (QED) is 0.658. The Kier molecular flexibility index (Phi) is 6.30. The lowest BCUT2D eigenvalue weighted by atomic mass is 10.0. The summed E-state index contributed by atoms with van der Waals surface area (Å²) in [7, 11) is 0. The summed E-state index contributed by atoms with van der Waals surface area (Å²) in [4.78, 5) is 14.5. The van der Waals surface area contributed by atoms with E-state index >= 15 is 0 Å². The van der Waals surface area contributed by atoms with Crippen LogP contribution in [0.1, 0.15) is 52.4 Å². The van der Waals surface area contributed by atoms with Crippen molar-refractivity contribution in [2.75, 3.05) is 26.2 Å². The molecule has 2 rings (SSSR count). The maximum absolute atomic E-state index is 12.0. The minimum Gasteiger partial charge on any atom is -0.465 e. The van der Waals surface area contributed by atoms with Gasteiger partial charge in [0.05, 0.1) is 6.61 Å². The third-order valence-electron chi connectivity index (χ3n) is 4.39. The predicted octanol–water partition coefficient (Wildman–Crippen LogP) is 2.18. The average Bonchev–Trinajstić information content (AvgIpc) is 3.14. The van der Waals surface area contributed by atoms with Crippen LogP contribution in [0.2, 0.25) is 0 Å². The molecule has 20 heavy (non-hydrogen) atoms. The molecule has 1 heterocycles. The second-order valence-electron chi connectivity index (χ2n) is 6.28. The first-order valence-corrected chi connectivity index (χ1v) is 8.38. The minimum absolute atomic E-state index is 0.0660. The van der Waals surface area contributed by atoms with Gasteiger partial charge in [-0.25, -0.2) is 0 Å². The van der Waals surface area contributed by atoms with Crippen molar-refractivity contribution in [1.29, 1.82) is 0 Å². The smallest absolute Gasteiger partial charge is 0.323 e. The van der Waals surface area contributed by atoms with Gasteiger partial charge >= 0.3 is 5.97 Å². The van der Waals surface area contributed by atoms with Crippen LogP contribution in [-0.2, 0) is 9.53 Å². The van der Waals surface area contributed by atoms with Gasteiger partial charge in [-0.15, -0.1) is 0 Å². The third-order valence-corrected chi connectivity index (χ3v) is 4.39. The van der Waals surface area contributed by atoms with Gasteiger partial charge in [0.15, 0.2) is 0 Å². The van der Waals surface area contributed by atoms with E-state index < -0.39 is 0 Å². The van der Waals surface area contributed by atoms with Crippen LogP contribution < -0.4 is 5.32 Å². The SMILES string of the molecule is CCCC1CCN(CCC(NC2CC2)C(=O)OCC)C1. The molecule has 1 saturated carbocycles. The Bertz CT molecular complexity index is 305. The second kappa shape index (κ2) is 7.99. The maximum atomic E-state index is 12.0. The zero-order chi connectivity index (χ0) is 14.4. The molecule has 0 aromatic rings. The lowest BCUT2D eigenvalue weighted by Crippen LogP contribution is -2.42. The first-order chi connectivity index (χ1) is 9.72. The van der Waals surface area contributed by atoms with Gasteiger partial charge < -0.3 is 15.0 Å². The van der Waals surface area contributed by atoms with Crippen LogP contribution in [-0.4, -0.2) is 49.2 Å². The highest BCUT2D eigenvalue weighted by molar-refractivity contribution is 5.75. The topological polar surface area (TPSA) is 41.6 Å². The first-order valence-electron chi connectivity index (χ1n) is 8.38. The monoisotopic (exact) mass is 282 g/mol. The Labute approximate surface area is 123 Å². The van der Waals surface area contributed by atoms with Crippen molar-refractivity contribution < 1.29 is 9.53 Å². The van der Waals surface area contributed by atoms with Crippen LogP contribution in [0.4, 0.5) is 0 Å². The van der Waals surface area contributed by atoms with Crippen molar-refractivity contribution in [3.63, 3.8) is 0 Å². The molecule has 4 heteroatoms. The van der Waals surface area contributed by atoms with Gasteiger partial charge in [-0.3, -0.25) is 4.79 Å². The van der Waals surface area contributed by atoms with Crippen LogP contribution >= 0.6 is 0 Å². The van der Waals surface area contributed by atoms with Gasteiger partial charge in [-0.1, -0.05) is 13.3 Å². The molecule has 116 valence electrons. The van der Waals surface area contributed by atoms with Gasteiger partial charge in [0, 0.05) is 19.1 Å². The normalized spacial score (nSPS) is 24.8. The molecule has 2 aliphatic rings. The lowest BCUT2D eigenvalue weighted by Gasteiger charge is -2.21. The molecule has 1 saturated heterocycles. The van der Waals surface area contributed by atoms with Crippen molar-refractivity contribution >= 4 is 5.97 Å². The van der Waals surface area contributed by atoms with Gasteiger partial charge in [0.2, 0.25) is 0 Å². The van der Waals surface area contributed by atoms with Crippen LogP contribution in [0, 0.1) is 5.92 Å². The van der Waals surface area contributed by atoms with Gasteiger partial charge in [0.25, 0.3) is 0 Å². The third kappa shape index (κ3) is 5.06. The van der Waals surface area contributed by atoms with Gasteiger partial charge in [0.1, 0.15) is 6.04 Å². The van der Waals surface area contributed by atoms with E-state index in [4.69, 9.17) is 4.74 Å². The van der Waals surface area contributed by atoms with Crippen molar-refractivity contribution in [1.82, 2.24) is 10.2 Å². The summed E-state index contributed by atoms with van der Waals surface area (Å²) in [6.07, 6.45) is 7.25. The Morgan fingerprint density at radius 2 is 2.15 bits per heavy atom. The molecule has 0 spiro atoms. The molecule has 0 bridgehead atoms. The van der Waals surface area contributed by atoms with Crippen molar-refractivity contribution in [2.24, 2.45) is 5.92 Å². The molecule has 0 aromatic heterocycles. The van der Waals surface area contributed by atoms with Crippen LogP contribution in [0.5, 0.6) is 0 Å². The van der Waals surface area contributed by atoms with E-state index in [0.29, 0.717) is 12.6 Å². The highest BCUT2D eigenvalue weighted by Crippen LogP contribution is 2.23. The standard InChI is InChI=1S/C16H30N2O2/c1-3-5-13-8-10-18(12-13)11-9-15(16(19)20-4-2)17-14-6-7-14/h13-15,17H,3-12H2,1-2H3. The number of rotatable bonds is 9. The van der Waals surface area contributed by atoms with E-state index in [-0.39, 0.29) is 12.0 Å². The first kappa shape index (κ1) is 15.8. The Hall–Kier alpha value is -0.610. The van der Waals surface area contributed by atoms with Crippen molar-refractivity contribution in [3.8, 4) is 0 Å². The molecule has 2 unspecified atom stereocenters. The van der Waals surface area contributed by atoms with Crippen LogP contribution in [0.25, 0.3) is 0 Å². The lowest BCUT2D eigenvalue weighted by molar-refractivity contribution is -0.146. The summed E-state index contributed by atoms with van der Waals surface area (Å²) >= 11 is 0. The van der Waals surface area contributed by atoms with E-state index in [2.05, 4.69) is 17.1 Å². The highest BCUT2D eigenvalue weighted by atomic mass is 16.5. The molecule has 1 aliphatic carbocycles. The average molecular weight is 282 g/mol. The zero-order valence-electron chi connectivity index (χ0n) is 13.1. The molecular weight excluding hydrogens is 252 g/mol. The molecule has 0 aromatic carbocycles. The number of likely N-dealkylation sites (tertiary alicyclic amines) is 1. The fraction of sp³-hybridized carbons (Fsp3) is 0.938. The minimum atomic E-state index is -0.104. The molecule has 0 radical (unpaired) electrons. The number of carbonyl (C=O) groups is 1. The summed E-state index contributed by atoms with van der Waals surface area (Å²) in [5.74, 6) is 0.807. The van der Waals surface area contributed by atoms with Gasteiger partial charge in [-0.2, -0.15) is 0 Å². The van der Waals surface area contributed by atoms with Crippen molar-refractivity contribution in [3.05, 3.63) is 0 Å². The Morgan fingerprint density at radius 3 is 2.80 bits per heavy atom. The Balaban J connectivity index is 1.72. The van der Waals surface area contributed by atoms with E-state index in [9.17, 15) is 4.79 Å². The fourth-order valence-electron chi connectivity index (χ4n) is 3.12. The van der Waals surface area contributed by atoms with E-state index in [0.717, 1.165) is 18.9 Å². The molecule has 2 fully saturated rings. The fourth-order valence-corrected chi connectivity index (χ4v) is 3.12. The van der Waals surface area contributed by atoms with Crippen LogP contribution in [0.15, 0.2) is 0 Å². The maximum Gasteiger partial charge on any atom is 0.323 e. The number of nitrogens with zero attached hydrogens (tertiary/aromatic N) is 1. The van der Waals surface area contributed by atoms with Gasteiger partial charge in [-0.05, 0) is 51.5 Å². The summed E-state index contributed by atoms with van der Waals surface area (Å²) < 4.78 is 5.19. The predicted molar refractivity (Wildman–Crippen MR) is 80.7 cm³/mol. The Morgan fingerprint density at radius 1 is 1.35 bits per heavy atom. The number of nitrogens with one attached hydrogen (secondary N) is 1. The van der Waals surface area contributed by atoms with E-state index in [1.807, 2.05) is 6.92 Å². The summed E-state index contributed by atoms with van der Waals surface area (Å²) in [5.41, 5.74) is 0. The molecule has 0 amide bonds. The summed E-state index contributed by atoms with van der Waals surface area (Å²) in [6, 6.07) is 0.448. The summed E-state index contributed by atoms with van der Waals surface area (Å²) in [6.45, 7) is 8.05.